The van der Waals surface area contributed by atoms with Crippen molar-refractivity contribution in [1.82, 2.24) is 0 Å². The Hall–Kier alpha value is -0.0800. The van der Waals surface area contributed by atoms with Gasteiger partial charge in [-0.15, -0.1) is 0 Å². The lowest BCUT2D eigenvalue weighted by Crippen LogP contribution is -2.57. The Balaban J connectivity index is 5.30. The molecule has 2 heteroatoms. The largest absolute Gasteiger partial charge is 0.390 e. The van der Waals surface area contributed by atoms with E-state index >= 15 is 0 Å². The lowest BCUT2D eigenvalue weighted by atomic mass is 9.54. The second kappa shape index (κ2) is 3.21. The second-order valence-corrected chi connectivity index (χ2v) is 6.37. The molecule has 0 aliphatic carbocycles. The molecule has 0 aromatic rings. The predicted octanol–water partition coefficient (Wildman–Crippen LogP) is 2.58. The van der Waals surface area contributed by atoms with Crippen LogP contribution < -0.4 is 0 Å². The van der Waals surface area contributed by atoms with Gasteiger partial charge in [-0.2, -0.15) is 0 Å². The monoisotopic (exact) mass is 202 g/mol. The molecule has 0 saturated heterocycles. The standard InChI is InChI=1S/C12H26O2/c1-9(2,11(5,6)13)10(3,4)12(7,8)14/h13-14H,1-8H3. The molecule has 14 heavy (non-hydrogen) atoms. The van der Waals surface area contributed by atoms with Crippen LogP contribution in [0, 0.1) is 10.8 Å². The molecule has 0 aromatic heterocycles. The third-order valence-corrected chi connectivity index (χ3v) is 4.62. The summed E-state index contributed by atoms with van der Waals surface area (Å²) >= 11 is 0. The van der Waals surface area contributed by atoms with Crippen LogP contribution in [0.15, 0.2) is 0 Å². The van der Waals surface area contributed by atoms with Crippen LogP contribution >= 0.6 is 0 Å². The quantitative estimate of drug-likeness (QED) is 0.738. The van der Waals surface area contributed by atoms with Gasteiger partial charge in [0.2, 0.25) is 0 Å². The van der Waals surface area contributed by atoms with Crippen LogP contribution in [0.3, 0.4) is 0 Å². The van der Waals surface area contributed by atoms with Crippen LogP contribution in [0.4, 0.5) is 0 Å². The molecule has 0 unspecified atom stereocenters. The highest BCUT2D eigenvalue weighted by atomic mass is 16.3. The molecule has 0 fully saturated rings. The van der Waals surface area contributed by atoms with Gasteiger partial charge in [-0.05, 0) is 27.7 Å². The van der Waals surface area contributed by atoms with Gasteiger partial charge in [-0.25, -0.2) is 0 Å². The molecule has 0 amide bonds. The lowest BCUT2D eigenvalue weighted by molar-refractivity contribution is -0.175. The molecule has 0 atom stereocenters. The molecule has 0 aliphatic heterocycles. The Labute approximate surface area is 88.3 Å². The van der Waals surface area contributed by atoms with Crippen molar-refractivity contribution in [2.24, 2.45) is 10.8 Å². The van der Waals surface area contributed by atoms with Crippen LogP contribution in [-0.2, 0) is 0 Å². The summed E-state index contributed by atoms with van der Waals surface area (Å²) in [5.41, 5.74) is -2.40. The maximum Gasteiger partial charge on any atom is 0.0648 e. The van der Waals surface area contributed by atoms with E-state index in [4.69, 9.17) is 0 Å². The molecule has 0 radical (unpaired) electrons. The third-order valence-electron chi connectivity index (χ3n) is 4.62. The lowest BCUT2D eigenvalue weighted by Gasteiger charge is -2.54. The molecule has 0 heterocycles. The van der Waals surface area contributed by atoms with E-state index in [-0.39, 0.29) is 10.8 Å². The Morgan fingerprint density at radius 2 is 0.643 bits per heavy atom. The van der Waals surface area contributed by atoms with Crippen LogP contribution in [0.25, 0.3) is 0 Å². The van der Waals surface area contributed by atoms with Crippen molar-refractivity contribution in [2.75, 3.05) is 0 Å². The predicted molar refractivity (Wildman–Crippen MR) is 60.2 cm³/mol. The van der Waals surface area contributed by atoms with Crippen molar-refractivity contribution in [3.8, 4) is 0 Å². The van der Waals surface area contributed by atoms with Gasteiger partial charge >= 0.3 is 0 Å². The Bertz CT molecular complexity index is 177. The molecule has 0 aliphatic rings. The first-order valence-corrected chi connectivity index (χ1v) is 5.20. The highest BCUT2D eigenvalue weighted by Crippen LogP contribution is 2.52. The zero-order chi connectivity index (χ0) is 12.0. The molecule has 0 aromatic carbocycles. The molecule has 86 valence electrons. The smallest absolute Gasteiger partial charge is 0.0648 e. The van der Waals surface area contributed by atoms with E-state index in [9.17, 15) is 10.2 Å². The normalized spacial score (nSPS) is 15.9. The highest BCUT2D eigenvalue weighted by molar-refractivity contribution is 5.03. The summed E-state index contributed by atoms with van der Waals surface area (Å²) in [6.07, 6.45) is 0. The first-order valence-electron chi connectivity index (χ1n) is 5.20. The van der Waals surface area contributed by atoms with Crippen LogP contribution in [0.5, 0.6) is 0 Å². The number of rotatable bonds is 3. The number of aliphatic hydroxyl groups is 2. The Morgan fingerprint density at radius 1 is 0.500 bits per heavy atom. The zero-order valence-corrected chi connectivity index (χ0v) is 10.9. The van der Waals surface area contributed by atoms with Gasteiger partial charge in [-0.3, -0.25) is 0 Å². The van der Waals surface area contributed by atoms with Crippen molar-refractivity contribution in [2.45, 2.75) is 66.6 Å². The van der Waals surface area contributed by atoms with Gasteiger partial charge in [0, 0.05) is 10.8 Å². The summed E-state index contributed by atoms with van der Waals surface area (Å²) < 4.78 is 0. The summed E-state index contributed by atoms with van der Waals surface area (Å²) in [6.45, 7) is 15.1. The Kier molecular flexibility index (Phi) is 3.19. The zero-order valence-electron chi connectivity index (χ0n) is 10.9. The Morgan fingerprint density at radius 3 is 0.714 bits per heavy atom. The van der Waals surface area contributed by atoms with Gasteiger partial charge in [0.1, 0.15) is 0 Å². The summed E-state index contributed by atoms with van der Waals surface area (Å²) in [6, 6.07) is 0. The van der Waals surface area contributed by atoms with E-state index in [1.807, 2.05) is 27.7 Å². The van der Waals surface area contributed by atoms with Gasteiger partial charge < -0.3 is 10.2 Å². The molecule has 2 nitrogen and oxygen atoms in total. The first kappa shape index (κ1) is 13.9. The molecule has 2 N–H and O–H groups in total. The average molecular weight is 202 g/mol. The summed E-state index contributed by atoms with van der Waals surface area (Å²) in [7, 11) is 0. The van der Waals surface area contributed by atoms with Gasteiger partial charge in [-0.1, -0.05) is 27.7 Å². The summed E-state index contributed by atoms with van der Waals surface area (Å²) in [5.74, 6) is 0. The minimum absolute atomic E-state index is 0.377. The van der Waals surface area contributed by atoms with Crippen LogP contribution in [-0.4, -0.2) is 21.4 Å². The average Bonchev–Trinajstić information content (AvgIpc) is 1.81. The third kappa shape index (κ3) is 1.96. The number of hydrogen-bond acceptors (Lipinski definition) is 2. The van der Waals surface area contributed by atoms with E-state index in [1.54, 1.807) is 27.7 Å². The highest BCUT2D eigenvalue weighted by Gasteiger charge is 2.53. The minimum atomic E-state index is -0.823. The summed E-state index contributed by atoms with van der Waals surface area (Å²) in [4.78, 5) is 0. The van der Waals surface area contributed by atoms with E-state index in [1.165, 1.54) is 0 Å². The van der Waals surface area contributed by atoms with E-state index in [0.29, 0.717) is 0 Å². The van der Waals surface area contributed by atoms with Crippen LogP contribution in [0.1, 0.15) is 55.4 Å². The van der Waals surface area contributed by atoms with E-state index in [0.717, 1.165) is 0 Å². The van der Waals surface area contributed by atoms with Gasteiger partial charge in [0.05, 0.1) is 11.2 Å². The minimum Gasteiger partial charge on any atom is -0.390 e. The maximum atomic E-state index is 10.1. The SMILES string of the molecule is CC(C)(O)C(C)(C)C(C)(C)C(C)(C)O. The molecular weight excluding hydrogens is 176 g/mol. The molecule has 0 saturated carbocycles. The molecule has 0 bridgehead atoms. The topological polar surface area (TPSA) is 40.5 Å². The van der Waals surface area contributed by atoms with Crippen molar-refractivity contribution in [3.63, 3.8) is 0 Å². The molecular formula is C12H26O2. The molecule has 0 spiro atoms. The van der Waals surface area contributed by atoms with Crippen molar-refractivity contribution in [3.05, 3.63) is 0 Å². The molecule has 0 rings (SSSR count). The van der Waals surface area contributed by atoms with E-state index in [2.05, 4.69) is 0 Å². The van der Waals surface area contributed by atoms with E-state index < -0.39 is 11.2 Å². The van der Waals surface area contributed by atoms with Crippen molar-refractivity contribution in [1.29, 1.82) is 0 Å². The number of hydrogen-bond donors (Lipinski definition) is 2. The maximum absolute atomic E-state index is 10.1. The van der Waals surface area contributed by atoms with Gasteiger partial charge in [0.15, 0.2) is 0 Å². The fraction of sp³-hybridized carbons (Fsp3) is 1.00. The van der Waals surface area contributed by atoms with Crippen LogP contribution in [0.2, 0.25) is 0 Å². The second-order valence-electron chi connectivity index (χ2n) is 6.37. The van der Waals surface area contributed by atoms with Crippen molar-refractivity contribution < 1.29 is 10.2 Å². The van der Waals surface area contributed by atoms with Crippen molar-refractivity contribution >= 4 is 0 Å². The summed E-state index contributed by atoms with van der Waals surface area (Å²) in [5, 5.41) is 20.3. The fourth-order valence-corrected chi connectivity index (χ4v) is 1.53. The first-order chi connectivity index (χ1) is 5.75. The fourth-order valence-electron chi connectivity index (χ4n) is 1.53. The van der Waals surface area contributed by atoms with Gasteiger partial charge in [0.25, 0.3) is 0 Å².